The highest BCUT2D eigenvalue weighted by atomic mass is 32.2. The van der Waals surface area contributed by atoms with Crippen molar-refractivity contribution in [2.24, 2.45) is 0 Å². The summed E-state index contributed by atoms with van der Waals surface area (Å²) >= 11 is 0. The number of nitrogens with one attached hydrogen (secondary N) is 1. The van der Waals surface area contributed by atoms with Crippen molar-refractivity contribution in [2.45, 2.75) is 50.3 Å². The second-order valence-corrected chi connectivity index (χ2v) is 8.92. The maximum absolute atomic E-state index is 12.5. The van der Waals surface area contributed by atoms with E-state index in [9.17, 15) is 18.0 Å². The van der Waals surface area contributed by atoms with Gasteiger partial charge in [-0.3, -0.25) is 9.59 Å². The van der Waals surface area contributed by atoms with Crippen molar-refractivity contribution in [1.29, 1.82) is 0 Å². The summed E-state index contributed by atoms with van der Waals surface area (Å²) in [5.41, 5.74) is 1.07. The third-order valence-corrected chi connectivity index (χ3v) is 6.50. The Kier molecular flexibility index (Phi) is 6.82. The number of unbranched alkanes of at least 4 members (excludes halogenated alkanes) is 5. The Morgan fingerprint density at radius 2 is 1.34 bits per heavy atom. The molecule has 1 aliphatic rings. The van der Waals surface area contributed by atoms with E-state index in [-0.39, 0.29) is 4.90 Å². The van der Waals surface area contributed by atoms with Crippen molar-refractivity contribution in [2.75, 3.05) is 11.4 Å². The van der Waals surface area contributed by atoms with Gasteiger partial charge in [0.15, 0.2) is 0 Å². The molecule has 0 spiro atoms. The van der Waals surface area contributed by atoms with E-state index in [4.69, 9.17) is 0 Å². The summed E-state index contributed by atoms with van der Waals surface area (Å²) in [5, 5.41) is 0. The Labute approximate surface area is 172 Å². The molecule has 2 aromatic rings. The molecule has 2 aromatic carbocycles. The highest BCUT2D eigenvalue weighted by Gasteiger charge is 2.36. The summed E-state index contributed by atoms with van der Waals surface area (Å²) in [6, 6.07) is 12.4. The molecular weight excluding hydrogens is 388 g/mol. The van der Waals surface area contributed by atoms with Crippen LogP contribution in [0.4, 0.5) is 5.69 Å². The molecule has 7 heteroatoms. The van der Waals surface area contributed by atoms with Crippen molar-refractivity contribution in [1.82, 2.24) is 4.72 Å². The van der Waals surface area contributed by atoms with Gasteiger partial charge in [-0.15, -0.1) is 0 Å². The van der Waals surface area contributed by atoms with Gasteiger partial charge in [-0.2, -0.15) is 0 Å². The SMILES string of the molecule is CCCCCCCCNS(=O)(=O)c1ccc(N2C(=O)c3ccccc3C2=O)cc1. The van der Waals surface area contributed by atoms with Crippen molar-refractivity contribution >= 4 is 27.5 Å². The van der Waals surface area contributed by atoms with Crippen LogP contribution in [-0.4, -0.2) is 26.8 Å². The molecule has 0 radical (unpaired) electrons. The molecule has 0 saturated carbocycles. The van der Waals surface area contributed by atoms with Crippen molar-refractivity contribution in [3.8, 4) is 0 Å². The van der Waals surface area contributed by atoms with Gasteiger partial charge in [0.2, 0.25) is 10.0 Å². The Morgan fingerprint density at radius 1 is 0.793 bits per heavy atom. The summed E-state index contributed by atoms with van der Waals surface area (Å²) < 4.78 is 27.5. The topological polar surface area (TPSA) is 83.6 Å². The van der Waals surface area contributed by atoms with E-state index in [2.05, 4.69) is 11.6 Å². The standard InChI is InChI=1S/C22H26N2O4S/c1-2-3-4-5-6-9-16-23-29(27,28)18-14-12-17(13-15-18)24-21(25)19-10-7-8-11-20(19)22(24)26/h7-8,10-15,23H,2-6,9,16H2,1H3. The zero-order valence-electron chi connectivity index (χ0n) is 16.6. The van der Waals surface area contributed by atoms with Crippen LogP contribution < -0.4 is 9.62 Å². The minimum atomic E-state index is -3.62. The van der Waals surface area contributed by atoms with Crippen LogP contribution >= 0.6 is 0 Å². The first-order valence-electron chi connectivity index (χ1n) is 10.0. The van der Waals surface area contributed by atoms with Crippen molar-refractivity contribution in [3.63, 3.8) is 0 Å². The minimum absolute atomic E-state index is 0.115. The Bertz CT molecular complexity index is 949. The maximum Gasteiger partial charge on any atom is 0.266 e. The third-order valence-electron chi connectivity index (χ3n) is 5.02. The smallest absolute Gasteiger partial charge is 0.266 e. The lowest BCUT2D eigenvalue weighted by atomic mass is 10.1. The molecule has 0 fully saturated rings. The Balaban J connectivity index is 1.61. The van der Waals surface area contributed by atoms with Gasteiger partial charge < -0.3 is 0 Å². The fourth-order valence-electron chi connectivity index (χ4n) is 3.39. The number of hydrogen-bond donors (Lipinski definition) is 1. The van der Waals surface area contributed by atoms with Gasteiger partial charge in [-0.25, -0.2) is 18.0 Å². The molecule has 0 aromatic heterocycles. The molecular formula is C22H26N2O4S. The van der Waals surface area contributed by atoms with Gasteiger partial charge in [-0.05, 0) is 42.8 Å². The van der Waals surface area contributed by atoms with Crippen LogP contribution in [-0.2, 0) is 10.0 Å². The number of carbonyl (C=O) groups is 2. The summed E-state index contributed by atoms with van der Waals surface area (Å²) in [6.07, 6.45) is 6.50. The first-order valence-corrected chi connectivity index (χ1v) is 11.5. The fourth-order valence-corrected chi connectivity index (χ4v) is 4.47. The normalized spacial score (nSPS) is 13.8. The summed E-state index contributed by atoms with van der Waals surface area (Å²) in [6.45, 7) is 2.56. The summed E-state index contributed by atoms with van der Waals surface area (Å²) in [4.78, 5) is 26.3. The fraction of sp³-hybridized carbons (Fsp3) is 0.364. The third kappa shape index (κ3) is 4.74. The molecule has 0 bridgehead atoms. The van der Waals surface area contributed by atoms with E-state index in [1.165, 1.54) is 43.5 Å². The number of sulfonamides is 1. The highest BCUT2D eigenvalue weighted by molar-refractivity contribution is 7.89. The molecule has 2 amide bonds. The first kappa shape index (κ1) is 21.2. The highest BCUT2D eigenvalue weighted by Crippen LogP contribution is 2.28. The van der Waals surface area contributed by atoms with Gasteiger partial charge in [0.25, 0.3) is 11.8 Å². The van der Waals surface area contributed by atoms with Crippen LogP contribution in [0.15, 0.2) is 53.4 Å². The number of imide groups is 1. The van der Waals surface area contributed by atoms with Crippen LogP contribution in [0.5, 0.6) is 0 Å². The second-order valence-electron chi connectivity index (χ2n) is 7.15. The lowest BCUT2D eigenvalue weighted by molar-refractivity contribution is 0.0926. The summed E-state index contributed by atoms with van der Waals surface area (Å²) in [5.74, 6) is -0.801. The molecule has 1 N–H and O–H groups in total. The van der Waals surface area contributed by atoms with Crippen LogP contribution in [0.1, 0.15) is 66.2 Å². The van der Waals surface area contributed by atoms with E-state index in [1.807, 2.05) is 0 Å². The number of amides is 2. The number of benzene rings is 2. The minimum Gasteiger partial charge on any atom is -0.268 e. The predicted octanol–water partition coefficient (Wildman–Crippen LogP) is 4.13. The molecule has 0 saturated heterocycles. The van der Waals surface area contributed by atoms with Gasteiger partial charge in [-0.1, -0.05) is 51.2 Å². The number of nitrogens with zero attached hydrogens (tertiary/aromatic N) is 1. The maximum atomic E-state index is 12.5. The van der Waals surface area contributed by atoms with E-state index >= 15 is 0 Å². The Hall–Kier alpha value is -2.51. The number of rotatable bonds is 10. The Morgan fingerprint density at radius 3 is 1.93 bits per heavy atom. The second kappa shape index (κ2) is 9.33. The number of anilines is 1. The number of carbonyl (C=O) groups excluding carboxylic acids is 2. The first-order chi connectivity index (χ1) is 14.0. The van der Waals surface area contributed by atoms with Crippen LogP contribution in [0.25, 0.3) is 0 Å². The van der Waals surface area contributed by atoms with Crippen LogP contribution in [0, 0.1) is 0 Å². The summed E-state index contributed by atoms with van der Waals surface area (Å²) in [7, 11) is -3.62. The van der Waals surface area contributed by atoms with Crippen molar-refractivity contribution in [3.05, 3.63) is 59.7 Å². The van der Waals surface area contributed by atoms with Gasteiger partial charge in [0, 0.05) is 6.54 Å². The lowest BCUT2D eigenvalue weighted by Gasteiger charge is -2.14. The van der Waals surface area contributed by atoms with E-state index < -0.39 is 21.8 Å². The van der Waals surface area contributed by atoms with Gasteiger partial charge in [0.1, 0.15) is 0 Å². The zero-order valence-corrected chi connectivity index (χ0v) is 17.4. The predicted molar refractivity (Wildman–Crippen MR) is 113 cm³/mol. The molecule has 1 heterocycles. The molecule has 1 aliphatic heterocycles. The molecule has 0 unspecified atom stereocenters. The van der Waals surface area contributed by atoms with E-state index in [1.54, 1.807) is 24.3 Å². The molecule has 0 aliphatic carbocycles. The van der Waals surface area contributed by atoms with Gasteiger partial charge >= 0.3 is 0 Å². The van der Waals surface area contributed by atoms with E-state index in [0.29, 0.717) is 23.4 Å². The monoisotopic (exact) mass is 414 g/mol. The lowest BCUT2D eigenvalue weighted by Crippen LogP contribution is -2.29. The quantitative estimate of drug-likeness (QED) is 0.468. The molecule has 154 valence electrons. The molecule has 6 nitrogen and oxygen atoms in total. The van der Waals surface area contributed by atoms with E-state index in [0.717, 1.165) is 24.2 Å². The molecule has 29 heavy (non-hydrogen) atoms. The van der Waals surface area contributed by atoms with Crippen LogP contribution in [0.2, 0.25) is 0 Å². The molecule has 0 atom stereocenters. The van der Waals surface area contributed by atoms with Crippen molar-refractivity contribution < 1.29 is 18.0 Å². The number of hydrogen-bond acceptors (Lipinski definition) is 4. The average molecular weight is 415 g/mol. The largest absolute Gasteiger partial charge is 0.268 e. The van der Waals surface area contributed by atoms with Crippen LogP contribution in [0.3, 0.4) is 0 Å². The average Bonchev–Trinajstić information content (AvgIpc) is 2.98. The molecule has 3 rings (SSSR count). The van der Waals surface area contributed by atoms with Gasteiger partial charge in [0.05, 0.1) is 21.7 Å². The number of fused-ring (bicyclic) bond motifs is 1. The zero-order chi connectivity index (χ0) is 20.9.